The molecule has 4 heteroatoms. The molecule has 0 aliphatic carbocycles. The van der Waals surface area contributed by atoms with Crippen molar-refractivity contribution in [3.63, 3.8) is 0 Å². The number of benzene rings is 1. The second-order valence-electron chi connectivity index (χ2n) is 2.82. The highest BCUT2D eigenvalue weighted by molar-refractivity contribution is 5.29. The van der Waals surface area contributed by atoms with Gasteiger partial charge in [0.15, 0.2) is 11.6 Å². The number of hydrogen-bond donors (Lipinski definition) is 0. The summed E-state index contributed by atoms with van der Waals surface area (Å²) in [6, 6.07) is 4.32. The molecule has 1 aromatic rings. The average Bonchev–Trinajstić information content (AvgIpc) is 2.15. The summed E-state index contributed by atoms with van der Waals surface area (Å²) in [7, 11) is 0. The van der Waals surface area contributed by atoms with Crippen molar-refractivity contribution in [2.45, 2.75) is 19.8 Å². The van der Waals surface area contributed by atoms with Crippen LogP contribution >= 0.6 is 0 Å². The normalized spacial score (nSPS) is 10.6. The Morgan fingerprint density at radius 1 is 1.36 bits per heavy atom. The predicted molar refractivity (Wildman–Crippen MR) is 47.3 cm³/mol. The van der Waals surface area contributed by atoms with Crippen LogP contribution in [0.4, 0.5) is 13.2 Å². The molecule has 0 heterocycles. The van der Waals surface area contributed by atoms with E-state index in [4.69, 9.17) is 0 Å². The highest BCUT2D eigenvalue weighted by atomic mass is 19.3. The van der Waals surface area contributed by atoms with Gasteiger partial charge in [0.1, 0.15) is 6.61 Å². The van der Waals surface area contributed by atoms with Crippen LogP contribution in [0, 0.1) is 5.82 Å². The number of hydrogen-bond acceptors (Lipinski definition) is 1. The number of ether oxygens (including phenoxy) is 1. The third kappa shape index (κ3) is 2.94. The van der Waals surface area contributed by atoms with Crippen molar-refractivity contribution in [3.05, 3.63) is 29.6 Å². The Labute approximate surface area is 80.5 Å². The standard InChI is InChI=1S/C10H11F3O/c1-2-7-3-4-9(8(11)5-7)14-6-10(12)13/h3-5,10H,2,6H2,1H3. The smallest absolute Gasteiger partial charge is 0.272 e. The van der Waals surface area contributed by atoms with E-state index in [1.54, 1.807) is 6.07 Å². The van der Waals surface area contributed by atoms with Gasteiger partial charge in [-0.2, -0.15) is 0 Å². The predicted octanol–water partition coefficient (Wildman–Crippen LogP) is 3.03. The maximum absolute atomic E-state index is 13.1. The molecule has 78 valence electrons. The fraction of sp³-hybridized carbons (Fsp3) is 0.400. The average molecular weight is 204 g/mol. The van der Waals surface area contributed by atoms with Crippen LogP contribution in [0.5, 0.6) is 5.75 Å². The Morgan fingerprint density at radius 2 is 2.07 bits per heavy atom. The minimum Gasteiger partial charge on any atom is -0.485 e. The van der Waals surface area contributed by atoms with Crippen LogP contribution in [0.1, 0.15) is 12.5 Å². The van der Waals surface area contributed by atoms with Gasteiger partial charge in [0.05, 0.1) is 0 Å². The van der Waals surface area contributed by atoms with E-state index < -0.39 is 18.8 Å². The molecule has 1 aromatic carbocycles. The van der Waals surface area contributed by atoms with Gasteiger partial charge in [-0.1, -0.05) is 13.0 Å². The molecule has 0 spiro atoms. The first-order valence-corrected chi connectivity index (χ1v) is 4.33. The summed E-state index contributed by atoms with van der Waals surface area (Å²) in [5.74, 6) is -0.715. The van der Waals surface area contributed by atoms with E-state index in [0.29, 0.717) is 6.42 Å². The van der Waals surface area contributed by atoms with Crippen LogP contribution in [0.2, 0.25) is 0 Å². The van der Waals surface area contributed by atoms with Crippen molar-refractivity contribution < 1.29 is 17.9 Å². The van der Waals surface area contributed by atoms with Gasteiger partial charge in [-0.25, -0.2) is 13.2 Å². The lowest BCUT2D eigenvalue weighted by atomic mass is 10.1. The number of alkyl halides is 2. The molecular formula is C10H11F3O. The fourth-order valence-corrected chi connectivity index (χ4v) is 1.03. The number of rotatable bonds is 4. The lowest BCUT2D eigenvalue weighted by molar-refractivity contribution is 0.0799. The molecular weight excluding hydrogens is 193 g/mol. The summed E-state index contributed by atoms with van der Waals surface area (Å²) in [6.45, 7) is 1.11. The molecule has 0 bridgehead atoms. The Hall–Kier alpha value is -1.19. The van der Waals surface area contributed by atoms with Gasteiger partial charge < -0.3 is 4.74 Å². The second kappa shape index (κ2) is 4.88. The fourth-order valence-electron chi connectivity index (χ4n) is 1.03. The maximum atomic E-state index is 13.1. The SMILES string of the molecule is CCc1ccc(OCC(F)F)c(F)c1. The lowest BCUT2D eigenvalue weighted by Gasteiger charge is -2.07. The second-order valence-corrected chi connectivity index (χ2v) is 2.82. The van der Waals surface area contributed by atoms with E-state index in [2.05, 4.69) is 4.74 Å². The monoisotopic (exact) mass is 204 g/mol. The minimum absolute atomic E-state index is 0.123. The third-order valence-electron chi connectivity index (χ3n) is 1.77. The van der Waals surface area contributed by atoms with Gasteiger partial charge in [-0.15, -0.1) is 0 Å². The first kappa shape index (κ1) is 10.9. The number of halogens is 3. The zero-order valence-corrected chi connectivity index (χ0v) is 7.77. The van der Waals surface area contributed by atoms with Crippen LogP contribution < -0.4 is 4.74 Å². The summed E-state index contributed by atoms with van der Waals surface area (Å²) in [5.41, 5.74) is 0.812. The third-order valence-corrected chi connectivity index (χ3v) is 1.77. The van der Waals surface area contributed by atoms with Crippen LogP contribution in [0.3, 0.4) is 0 Å². The van der Waals surface area contributed by atoms with Crippen molar-refractivity contribution in [1.82, 2.24) is 0 Å². The lowest BCUT2D eigenvalue weighted by Crippen LogP contribution is -2.08. The zero-order valence-electron chi connectivity index (χ0n) is 7.77. The van der Waals surface area contributed by atoms with Crippen molar-refractivity contribution in [1.29, 1.82) is 0 Å². The Morgan fingerprint density at radius 3 is 2.57 bits per heavy atom. The molecule has 0 saturated carbocycles. The molecule has 0 aliphatic rings. The van der Waals surface area contributed by atoms with Crippen LogP contribution in [0.25, 0.3) is 0 Å². The molecule has 1 rings (SSSR count). The maximum Gasteiger partial charge on any atom is 0.272 e. The zero-order chi connectivity index (χ0) is 10.6. The Kier molecular flexibility index (Phi) is 3.80. The number of aryl methyl sites for hydroxylation is 1. The topological polar surface area (TPSA) is 9.23 Å². The highest BCUT2D eigenvalue weighted by Gasteiger charge is 2.07. The summed E-state index contributed by atoms with van der Waals surface area (Å²) in [6.07, 6.45) is -1.88. The van der Waals surface area contributed by atoms with Crippen LogP contribution in [0.15, 0.2) is 18.2 Å². The summed E-state index contributed by atoms with van der Waals surface area (Å²) in [4.78, 5) is 0. The quantitative estimate of drug-likeness (QED) is 0.732. The molecule has 0 saturated heterocycles. The van der Waals surface area contributed by atoms with E-state index in [-0.39, 0.29) is 5.75 Å². The molecule has 0 N–H and O–H groups in total. The van der Waals surface area contributed by atoms with Gasteiger partial charge in [-0.3, -0.25) is 0 Å². The van der Waals surface area contributed by atoms with Gasteiger partial charge in [0.25, 0.3) is 6.43 Å². The summed E-state index contributed by atoms with van der Waals surface area (Å²) >= 11 is 0. The molecule has 0 unspecified atom stereocenters. The van der Waals surface area contributed by atoms with E-state index in [1.807, 2.05) is 6.92 Å². The van der Waals surface area contributed by atoms with Gasteiger partial charge >= 0.3 is 0 Å². The molecule has 1 nitrogen and oxygen atoms in total. The van der Waals surface area contributed by atoms with Crippen LogP contribution in [-0.2, 0) is 6.42 Å². The molecule has 0 aromatic heterocycles. The Balaban J connectivity index is 2.69. The molecule has 0 atom stereocenters. The molecule has 14 heavy (non-hydrogen) atoms. The minimum atomic E-state index is -2.58. The van der Waals surface area contributed by atoms with E-state index in [0.717, 1.165) is 5.56 Å². The van der Waals surface area contributed by atoms with Crippen LogP contribution in [-0.4, -0.2) is 13.0 Å². The van der Waals surface area contributed by atoms with E-state index >= 15 is 0 Å². The van der Waals surface area contributed by atoms with Crippen molar-refractivity contribution in [2.24, 2.45) is 0 Å². The van der Waals surface area contributed by atoms with E-state index in [9.17, 15) is 13.2 Å². The van der Waals surface area contributed by atoms with Crippen molar-refractivity contribution in [2.75, 3.05) is 6.61 Å². The summed E-state index contributed by atoms with van der Waals surface area (Å²) in [5, 5.41) is 0. The van der Waals surface area contributed by atoms with Gasteiger partial charge in [-0.05, 0) is 24.1 Å². The largest absolute Gasteiger partial charge is 0.485 e. The first-order valence-electron chi connectivity index (χ1n) is 4.33. The Bertz CT molecular complexity index is 299. The van der Waals surface area contributed by atoms with Crippen molar-refractivity contribution in [3.8, 4) is 5.75 Å². The molecule has 0 fully saturated rings. The first-order chi connectivity index (χ1) is 6.63. The summed E-state index contributed by atoms with van der Waals surface area (Å²) < 4.78 is 41.2. The highest BCUT2D eigenvalue weighted by Crippen LogP contribution is 2.19. The molecule has 0 aliphatic heterocycles. The van der Waals surface area contributed by atoms with Gasteiger partial charge in [0.2, 0.25) is 0 Å². The van der Waals surface area contributed by atoms with E-state index in [1.165, 1.54) is 12.1 Å². The molecule has 0 radical (unpaired) electrons. The van der Waals surface area contributed by atoms with Crippen molar-refractivity contribution >= 4 is 0 Å². The van der Waals surface area contributed by atoms with Gasteiger partial charge in [0, 0.05) is 0 Å². The molecule has 0 amide bonds.